The van der Waals surface area contributed by atoms with Crippen LogP contribution in [0.2, 0.25) is 0 Å². The molecule has 2 N–H and O–H groups in total. The Hall–Kier alpha value is -0.770. The van der Waals surface area contributed by atoms with Crippen molar-refractivity contribution >= 4 is 6.03 Å². The summed E-state index contributed by atoms with van der Waals surface area (Å²) in [5.74, 6) is 0. The first-order valence-corrected chi connectivity index (χ1v) is 6.24. The van der Waals surface area contributed by atoms with Crippen molar-refractivity contribution in [2.24, 2.45) is 5.41 Å². The molecule has 2 saturated heterocycles. The molecule has 0 radical (unpaired) electrons. The highest BCUT2D eigenvalue weighted by Gasteiger charge is 2.44. The van der Waals surface area contributed by atoms with Crippen LogP contribution in [0.4, 0.5) is 4.79 Å². The highest BCUT2D eigenvalue weighted by molar-refractivity contribution is 5.75. The standard InChI is InChI=1S/C12H23N3O/c1-4-11(2,3)14-10(16)15-6-5-12(9-15)7-13-8-12/h13H,4-9H2,1-3H3,(H,14,16). The van der Waals surface area contributed by atoms with Gasteiger partial charge in [0, 0.05) is 37.1 Å². The minimum absolute atomic E-state index is 0.0926. The zero-order chi connectivity index (χ0) is 11.8. The highest BCUT2D eigenvalue weighted by Crippen LogP contribution is 2.34. The molecule has 0 saturated carbocycles. The monoisotopic (exact) mass is 225 g/mol. The number of carbonyl (C=O) groups excluding carboxylic acids is 1. The first kappa shape index (κ1) is 11.7. The summed E-state index contributed by atoms with van der Waals surface area (Å²) < 4.78 is 0. The molecule has 1 spiro atoms. The van der Waals surface area contributed by atoms with E-state index in [-0.39, 0.29) is 11.6 Å². The molecule has 0 unspecified atom stereocenters. The third-order valence-corrected chi connectivity index (χ3v) is 4.05. The van der Waals surface area contributed by atoms with Crippen molar-refractivity contribution in [3.05, 3.63) is 0 Å². The first-order valence-electron chi connectivity index (χ1n) is 6.24. The average molecular weight is 225 g/mol. The summed E-state index contributed by atoms with van der Waals surface area (Å²) >= 11 is 0. The van der Waals surface area contributed by atoms with Crippen LogP contribution in [-0.2, 0) is 0 Å². The van der Waals surface area contributed by atoms with Crippen LogP contribution in [0.3, 0.4) is 0 Å². The number of likely N-dealkylation sites (tertiary alicyclic amines) is 1. The molecule has 0 bridgehead atoms. The van der Waals surface area contributed by atoms with Crippen molar-refractivity contribution in [1.82, 2.24) is 15.5 Å². The van der Waals surface area contributed by atoms with E-state index in [9.17, 15) is 4.79 Å². The van der Waals surface area contributed by atoms with E-state index in [1.165, 1.54) is 0 Å². The van der Waals surface area contributed by atoms with Crippen LogP contribution >= 0.6 is 0 Å². The molecule has 92 valence electrons. The molecular weight excluding hydrogens is 202 g/mol. The summed E-state index contributed by atoms with van der Waals surface area (Å²) in [4.78, 5) is 14.0. The molecule has 2 fully saturated rings. The number of nitrogens with zero attached hydrogens (tertiary/aromatic N) is 1. The molecular formula is C12H23N3O. The smallest absolute Gasteiger partial charge is 0.317 e. The summed E-state index contributed by atoms with van der Waals surface area (Å²) in [6, 6.07) is 0.107. The molecule has 0 atom stereocenters. The fraction of sp³-hybridized carbons (Fsp3) is 0.917. The third-order valence-electron chi connectivity index (χ3n) is 4.05. The number of hydrogen-bond acceptors (Lipinski definition) is 2. The SMILES string of the molecule is CCC(C)(C)NC(=O)N1CCC2(CNC2)C1. The van der Waals surface area contributed by atoms with E-state index in [0.717, 1.165) is 39.0 Å². The van der Waals surface area contributed by atoms with Crippen LogP contribution in [0.5, 0.6) is 0 Å². The van der Waals surface area contributed by atoms with Gasteiger partial charge in [0.05, 0.1) is 0 Å². The van der Waals surface area contributed by atoms with Crippen LogP contribution in [0, 0.1) is 5.41 Å². The molecule has 0 aliphatic carbocycles. The van der Waals surface area contributed by atoms with Crippen molar-refractivity contribution in [2.75, 3.05) is 26.2 Å². The van der Waals surface area contributed by atoms with E-state index in [0.29, 0.717) is 5.41 Å². The Morgan fingerprint density at radius 2 is 2.19 bits per heavy atom. The van der Waals surface area contributed by atoms with Crippen molar-refractivity contribution < 1.29 is 4.79 Å². The molecule has 16 heavy (non-hydrogen) atoms. The number of rotatable bonds is 2. The molecule has 2 aliphatic rings. The molecule has 2 amide bonds. The molecule has 2 rings (SSSR count). The van der Waals surface area contributed by atoms with Gasteiger partial charge in [-0.15, -0.1) is 0 Å². The summed E-state index contributed by atoms with van der Waals surface area (Å²) in [6.45, 7) is 10.2. The van der Waals surface area contributed by atoms with E-state index < -0.39 is 0 Å². The molecule has 2 aliphatic heterocycles. The lowest BCUT2D eigenvalue weighted by Gasteiger charge is -2.39. The Morgan fingerprint density at radius 1 is 1.50 bits per heavy atom. The maximum absolute atomic E-state index is 12.0. The van der Waals surface area contributed by atoms with Crippen molar-refractivity contribution in [3.8, 4) is 0 Å². The Balaban J connectivity index is 1.87. The lowest BCUT2D eigenvalue weighted by atomic mass is 9.81. The first-order chi connectivity index (χ1) is 7.46. The second-order valence-corrected chi connectivity index (χ2v) is 5.94. The number of amides is 2. The van der Waals surface area contributed by atoms with E-state index in [1.54, 1.807) is 0 Å². The average Bonchev–Trinajstić information content (AvgIpc) is 2.61. The van der Waals surface area contributed by atoms with E-state index >= 15 is 0 Å². The predicted molar refractivity (Wildman–Crippen MR) is 64.4 cm³/mol. The minimum Gasteiger partial charge on any atom is -0.333 e. The van der Waals surface area contributed by atoms with E-state index in [1.807, 2.05) is 4.90 Å². The van der Waals surface area contributed by atoms with Crippen LogP contribution in [0.25, 0.3) is 0 Å². The number of carbonyl (C=O) groups is 1. The fourth-order valence-electron chi connectivity index (χ4n) is 2.33. The Morgan fingerprint density at radius 3 is 2.62 bits per heavy atom. The predicted octanol–water partition coefficient (Wildman–Crippen LogP) is 1.18. The van der Waals surface area contributed by atoms with E-state index in [2.05, 4.69) is 31.4 Å². The molecule has 2 heterocycles. The van der Waals surface area contributed by atoms with Crippen LogP contribution in [0.1, 0.15) is 33.6 Å². The van der Waals surface area contributed by atoms with Gasteiger partial charge in [-0.2, -0.15) is 0 Å². The van der Waals surface area contributed by atoms with Crippen molar-refractivity contribution in [2.45, 2.75) is 39.2 Å². The van der Waals surface area contributed by atoms with Crippen LogP contribution < -0.4 is 10.6 Å². The van der Waals surface area contributed by atoms with Gasteiger partial charge in [-0.05, 0) is 26.7 Å². The lowest BCUT2D eigenvalue weighted by molar-refractivity contribution is 0.161. The number of hydrogen-bond donors (Lipinski definition) is 2. The second-order valence-electron chi connectivity index (χ2n) is 5.94. The van der Waals surface area contributed by atoms with Gasteiger partial charge < -0.3 is 15.5 Å². The maximum atomic E-state index is 12.0. The molecule has 0 aromatic heterocycles. The second kappa shape index (κ2) is 3.91. The zero-order valence-electron chi connectivity index (χ0n) is 10.6. The normalized spacial score (nSPS) is 23.3. The van der Waals surface area contributed by atoms with Crippen LogP contribution in [-0.4, -0.2) is 42.6 Å². The molecule has 0 aromatic rings. The van der Waals surface area contributed by atoms with Crippen molar-refractivity contribution in [3.63, 3.8) is 0 Å². The summed E-state index contributed by atoms with van der Waals surface area (Å²) in [6.07, 6.45) is 2.11. The largest absolute Gasteiger partial charge is 0.333 e. The Kier molecular flexibility index (Phi) is 2.86. The quantitative estimate of drug-likeness (QED) is 0.741. The summed E-state index contributed by atoms with van der Waals surface area (Å²) in [7, 11) is 0. The Bertz CT molecular complexity index is 284. The number of nitrogens with one attached hydrogen (secondary N) is 2. The van der Waals surface area contributed by atoms with Crippen LogP contribution in [0.15, 0.2) is 0 Å². The van der Waals surface area contributed by atoms with Gasteiger partial charge in [-0.1, -0.05) is 6.92 Å². The summed E-state index contributed by atoms with van der Waals surface area (Å²) in [5, 5.41) is 6.40. The number of urea groups is 1. The topological polar surface area (TPSA) is 44.4 Å². The molecule has 4 heteroatoms. The third kappa shape index (κ3) is 2.17. The van der Waals surface area contributed by atoms with Gasteiger partial charge in [0.15, 0.2) is 0 Å². The lowest BCUT2D eigenvalue weighted by Crippen LogP contribution is -2.56. The fourth-order valence-corrected chi connectivity index (χ4v) is 2.33. The van der Waals surface area contributed by atoms with Gasteiger partial charge in [0.25, 0.3) is 0 Å². The van der Waals surface area contributed by atoms with Gasteiger partial charge in [0.1, 0.15) is 0 Å². The summed E-state index contributed by atoms with van der Waals surface area (Å²) in [5.41, 5.74) is 0.304. The highest BCUT2D eigenvalue weighted by atomic mass is 16.2. The van der Waals surface area contributed by atoms with Crippen molar-refractivity contribution in [1.29, 1.82) is 0 Å². The zero-order valence-corrected chi connectivity index (χ0v) is 10.6. The Labute approximate surface area is 97.8 Å². The maximum Gasteiger partial charge on any atom is 0.317 e. The van der Waals surface area contributed by atoms with Gasteiger partial charge >= 0.3 is 6.03 Å². The van der Waals surface area contributed by atoms with Gasteiger partial charge in [0.2, 0.25) is 0 Å². The van der Waals surface area contributed by atoms with Gasteiger partial charge in [-0.25, -0.2) is 4.79 Å². The molecule has 4 nitrogen and oxygen atoms in total. The molecule has 0 aromatic carbocycles. The van der Waals surface area contributed by atoms with Gasteiger partial charge in [-0.3, -0.25) is 0 Å². The minimum atomic E-state index is -0.0926. The van der Waals surface area contributed by atoms with E-state index in [4.69, 9.17) is 0 Å².